The average molecular weight is 1140 g/mol. The fourth-order valence-corrected chi connectivity index (χ4v) is 5.81. The van der Waals surface area contributed by atoms with Gasteiger partial charge in [0.25, 0.3) is 0 Å². The van der Waals surface area contributed by atoms with Gasteiger partial charge in [-0.05, 0) is 58.2 Å². The molecule has 0 unspecified atom stereocenters. The van der Waals surface area contributed by atoms with E-state index in [-0.39, 0.29) is 148 Å². The Morgan fingerprint density at radius 1 is 0.270 bits per heavy atom. The Balaban J connectivity index is -0.000000240. The van der Waals surface area contributed by atoms with Crippen molar-refractivity contribution in [3.8, 4) is 0 Å². The second kappa shape index (κ2) is 39.9. The number of carbonyl (C=O) groups is 3. The van der Waals surface area contributed by atoms with E-state index < -0.39 is 16.2 Å². The Bertz CT molecular complexity index is 1750. The van der Waals surface area contributed by atoms with Crippen LogP contribution >= 0.6 is 0 Å². The monoisotopic (exact) mass is 1140 g/mol. The van der Waals surface area contributed by atoms with Gasteiger partial charge in [-0.15, -0.1) is 0 Å². The van der Waals surface area contributed by atoms with E-state index in [0.717, 1.165) is 33.4 Å². The molecule has 326 valence electrons. The number of hydrogen-bond donors (Lipinski definition) is 0. The van der Waals surface area contributed by atoms with Gasteiger partial charge in [-0.2, -0.15) is 27.7 Å². The van der Waals surface area contributed by atoms with Crippen LogP contribution in [0.1, 0.15) is 117 Å². The van der Waals surface area contributed by atoms with E-state index in [1.54, 1.807) is 27.7 Å². The minimum atomic E-state index is -0.484. The van der Waals surface area contributed by atoms with E-state index in [0.29, 0.717) is 0 Å². The molecule has 0 aliphatic carbocycles. The quantitative estimate of drug-likeness (QED) is 0.107. The summed E-state index contributed by atoms with van der Waals surface area (Å²) in [6.07, 6.45) is 0. The van der Waals surface area contributed by atoms with E-state index in [2.05, 4.69) is 27.7 Å². The van der Waals surface area contributed by atoms with Gasteiger partial charge in [0.05, 0.1) is 16.2 Å². The van der Waals surface area contributed by atoms with Crippen molar-refractivity contribution in [3.63, 3.8) is 0 Å². The van der Waals surface area contributed by atoms with Crippen molar-refractivity contribution in [2.24, 2.45) is 0 Å². The molecule has 0 aliphatic heterocycles. The normalized spacial score (nSPS) is 9.43. The first kappa shape index (κ1) is 70.8. The summed E-state index contributed by atoms with van der Waals surface area (Å²) < 4.78 is 0. The van der Waals surface area contributed by atoms with Gasteiger partial charge >= 0.3 is 0 Å². The third-order valence-electron chi connectivity index (χ3n) is 9.30. The Hall–Kier alpha value is -1.25. The third-order valence-corrected chi connectivity index (χ3v) is 9.30. The van der Waals surface area contributed by atoms with Crippen LogP contribution in [0.4, 0.5) is 0 Å². The number of ketones is 3. The fourth-order valence-electron chi connectivity index (χ4n) is 5.81. The molecule has 0 saturated heterocycles. The molecule has 7 heteroatoms. The Kier molecular flexibility index (Phi) is 44.8. The van der Waals surface area contributed by atoms with Crippen molar-refractivity contribution in [1.82, 2.24) is 0 Å². The Morgan fingerprint density at radius 3 is 0.540 bits per heavy atom. The molecule has 0 N–H and O–H groups in total. The predicted octanol–water partition coefficient (Wildman–Crippen LogP) is 14.9. The molecule has 0 aliphatic rings. The molecule has 0 spiro atoms. The van der Waals surface area contributed by atoms with Crippen molar-refractivity contribution >= 4 is 17.3 Å². The summed E-state index contributed by atoms with van der Waals surface area (Å²) in [7, 11) is 0. The van der Waals surface area contributed by atoms with Crippen molar-refractivity contribution < 1.29 is 145 Å². The van der Waals surface area contributed by atoms with Gasteiger partial charge in [0.2, 0.25) is 0 Å². The largest absolute Gasteiger partial charge is 0.346 e. The zero-order valence-electron chi connectivity index (χ0n) is 39.7. The van der Waals surface area contributed by atoms with Gasteiger partial charge < -0.3 is 27.7 Å². The summed E-state index contributed by atoms with van der Waals surface area (Å²) in [4.78, 5) is 37.4. The average Bonchev–Trinajstić information content (AvgIpc) is 3.33. The molecule has 0 bridgehead atoms. The summed E-state index contributed by atoms with van der Waals surface area (Å²) in [5.41, 5.74) is 3.99. The first-order valence-electron chi connectivity index (χ1n) is 20.2. The predicted molar refractivity (Wildman–Crippen MR) is 255 cm³/mol. The van der Waals surface area contributed by atoms with Gasteiger partial charge in [-0.3, -0.25) is 14.4 Å². The number of Topliss-reactive ketones (excluding diaryl/α,β-unsaturated/α-hetero) is 3. The third kappa shape index (κ3) is 23.4. The van der Waals surface area contributed by atoms with Gasteiger partial charge in [0.1, 0.15) is 0 Å². The van der Waals surface area contributed by atoms with Gasteiger partial charge in [-0.1, -0.05) is 182 Å². The number of rotatable bonds is 9. The summed E-state index contributed by atoms with van der Waals surface area (Å²) in [5.74, 6) is 0.470. The maximum Gasteiger partial charge on any atom is 0.172 e. The molecule has 0 amide bonds. The molecule has 0 fully saturated rings. The van der Waals surface area contributed by atoms with Crippen LogP contribution in [0.3, 0.4) is 0 Å². The van der Waals surface area contributed by atoms with Crippen LogP contribution in [-0.4, -0.2) is 17.3 Å². The second-order valence-corrected chi connectivity index (χ2v) is 14.1. The zero-order valence-corrected chi connectivity index (χ0v) is 51.0. The molecule has 63 heavy (non-hydrogen) atoms. The molecule has 0 aromatic heterocycles. The summed E-state index contributed by atoms with van der Waals surface area (Å²) in [5, 5.41) is 0. The number of benzene rings is 6. The SMILES string of the molecule is CC(C)(C(=O)c1ccccc1)c1ccccc1.CC(C)(C(=O)c1ccccc1)c1ccccc1.CC(C)(C(=O)c1ccccc1)c1ccccc1.[CH2-]C.[CH2-]C.[CH2-]C.[CH2-]C.[Y].[Y].[Y].[Y]. The second-order valence-electron chi connectivity index (χ2n) is 14.1. The molecule has 4 radical (unpaired) electrons. The van der Waals surface area contributed by atoms with E-state index in [9.17, 15) is 14.4 Å². The Morgan fingerprint density at radius 2 is 0.397 bits per heavy atom. The summed E-state index contributed by atoms with van der Waals surface area (Å²) >= 11 is 0. The van der Waals surface area contributed by atoms with Gasteiger partial charge in [0.15, 0.2) is 17.3 Å². The minimum Gasteiger partial charge on any atom is -0.346 e. The Labute approximate surface area is 484 Å². The van der Waals surface area contributed by atoms with Crippen LogP contribution in [0.15, 0.2) is 182 Å². The van der Waals surface area contributed by atoms with E-state index >= 15 is 0 Å². The molecule has 6 aromatic rings. The number of hydrogen-bond acceptors (Lipinski definition) is 3. The summed E-state index contributed by atoms with van der Waals surface area (Å²) in [6.45, 7) is 31.8. The molecule has 3 nitrogen and oxygen atoms in total. The molecule has 6 rings (SSSR count). The topological polar surface area (TPSA) is 51.2 Å². The molecular formula is C56H68O3Y4-4. The van der Waals surface area contributed by atoms with E-state index in [1.165, 1.54) is 0 Å². The summed E-state index contributed by atoms with van der Waals surface area (Å²) in [6, 6.07) is 58.1. The van der Waals surface area contributed by atoms with Crippen LogP contribution in [-0.2, 0) is 147 Å². The van der Waals surface area contributed by atoms with Crippen LogP contribution < -0.4 is 0 Å². The van der Waals surface area contributed by atoms with Crippen LogP contribution in [0.25, 0.3) is 0 Å². The van der Waals surface area contributed by atoms with E-state index in [1.807, 2.05) is 224 Å². The van der Waals surface area contributed by atoms with Gasteiger partial charge in [-0.25, -0.2) is 0 Å². The minimum absolute atomic E-state index is 0. The van der Waals surface area contributed by atoms with Crippen molar-refractivity contribution in [2.75, 3.05) is 0 Å². The van der Waals surface area contributed by atoms with Crippen LogP contribution in [0.5, 0.6) is 0 Å². The smallest absolute Gasteiger partial charge is 0.172 e. The zero-order chi connectivity index (χ0) is 44.9. The molecule has 6 aromatic carbocycles. The van der Waals surface area contributed by atoms with Crippen molar-refractivity contribution in [2.45, 2.75) is 85.5 Å². The van der Waals surface area contributed by atoms with Crippen molar-refractivity contribution in [3.05, 3.63) is 243 Å². The molecule has 0 saturated carbocycles. The standard InChI is InChI=1S/3C16H16O.4C2H5.4Y/c3*1-16(2,14-11-7-4-8-12-14)15(17)13-9-5-3-6-10-13;4*1-2;;;;/h3*3-12H,1-2H3;4*1H2,2H3;;;;/q;;;4*-1;;;;. The maximum absolute atomic E-state index is 12.5. The van der Waals surface area contributed by atoms with E-state index in [4.69, 9.17) is 0 Å². The molecule has 0 heterocycles. The van der Waals surface area contributed by atoms with Gasteiger partial charge in [0, 0.05) is 148 Å². The first-order chi connectivity index (χ1) is 28.4. The molecular weight excluding hydrogens is 1080 g/mol. The van der Waals surface area contributed by atoms with Crippen LogP contribution in [0.2, 0.25) is 0 Å². The number of carbonyl (C=O) groups excluding carboxylic acids is 3. The fraction of sp³-hybridized carbons (Fsp3) is 0.232. The maximum atomic E-state index is 12.5. The van der Waals surface area contributed by atoms with Crippen molar-refractivity contribution in [1.29, 1.82) is 0 Å². The van der Waals surface area contributed by atoms with Crippen LogP contribution in [0, 0.1) is 27.7 Å². The molecule has 0 atom stereocenters. The first-order valence-corrected chi connectivity index (χ1v) is 20.2.